The van der Waals surface area contributed by atoms with E-state index in [1.54, 1.807) is 0 Å². The van der Waals surface area contributed by atoms with Crippen LogP contribution in [0.4, 0.5) is 0 Å². The van der Waals surface area contributed by atoms with Crippen molar-refractivity contribution in [2.75, 3.05) is 20.1 Å². The minimum absolute atomic E-state index is 0.226. The van der Waals surface area contributed by atoms with E-state index >= 15 is 0 Å². The lowest BCUT2D eigenvalue weighted by molar-refractivity contribution is 0.000657. The van der Waals surface area contributed by atoms with Crippen molar-refractivity contribution in [3.8, 4) is 0 Å². The first-order valence-electron chi connectivity index (χ1n) is 6.14. The van der Waals surface area contributed by atoms with Crippen molar-refractivity contribution < 1.29 is 0 Å². The number of aliphatic imine (C=N–C) groups is 2. The summed E-state index contributed by atoms with van der Waals surface area (Å²) in [6.07, 6.45) is 3.93. The quantitative estimate of drug-likeness (QED) is 0.679. The molecule has 0 radical (unpaired) electrons. The van der Waals surface area contributed by atoms with Crippen LogP contribution in [0.5, 0.6) is 0 Å². The van der Waals surface area contributed by atoms with Crippen LogP contribution in [0.15, 0.2) is 9.98 Å². The molecule has 2 aliphatic heterocycles. The Morgan fingerprint density at radius 3 is 2.38 bits per heavy atom. The molecule has 0 aromatic heterocycles. The molecule has 0 amide bonds. The zero-order valence-corrected chi connectivity index (χ0v) is 10.8. The molecule has 0 aromatic carbocycles. The highest BCUT2D eigenvalue weighted by Crippen LogP contribution is 2.27. The molecule has 2 aliphatic rings. The van der Waals surface area contributed by atoms with Gasteiger partial charge in [-0.25, -0.2) is 9.98 Å². The molecule has 1 atom stereocenters. The molecule has 1 saturated heterocycles. The van der Waals surface area contributed by atoms with Gasteiger partial charge in [-0.3, -0.25) is 4.90 Å². The van der Waals surface area contributed by atoms with Gasteiger partial charge in [0.1, 0.15) is 11.7 Å². The first kappa shape index (κ1) is 11.6. The lowest BCUT2D eigenvalue weighted by atomic mass is 10.1. The number of hydrogen-bond donors (Lipinski definition) is 0. The van der Waals surface area contributed by atoms with Gasteiger partial charge in [-0.05, 0) is 33.6 Å². The third kappa shape index (κ3) is 1.86. The smallest absolute Gasteiger partial charge is 0.189 e. The number of rotatable bonds is 1. The summed E-state index contributed by atoms with van der Waals surface area (Å²) in [5.74, 6) is 1.72. The SMILES string of the molecule is CC1=NC(C)(N2CCCCC2)N(C)C(C)=N1. The average Bonchev–Trinajstić information content (AvgIpc) is 2.27. The Morgan fingerprint density at radius 2 is 1.75 bits per heavy atom. The Morgan fingerprint density at radius 1 is 1.12 bits per heavy atom. The van der Waals surface area contributed by atoms with Crippen LogP contribution < -0.4 is 0 Å². The van der Waals surface area contributed by atoms with Crippen LogP contribution >= 0.6 is 0 Å². The summed E-state index contributed by atoms with van der Waals surface area (Å²) in [7, 11) is 2.09. The molecular weight excluding hydrogens is 200 g/mol. The maximum atomic E-state index is 4.75. The Labute approximate surface area is 98.1 Å². The molecule has 2 heterocycles. The van der Waals surface area contributed by atoms with Crippen molar-refractivity contribution in [1.29, 1.82) is 0 Å². The molecule has 0 bridgehead atoms. The highest BCUT2D eigenvalue weighted by molar-refractivity contribution is 5.97. The molecule has 4 nitrogen and oxygen atoms in total. The van der Waals surface area contributed by atoms with Crippen LogP contribution in [0.25, 0.3) is 0 Å². The van der Waals surface area contributed by atoms with Gasteiger partial charge in [0.05, 0.1) is 0 Å². The van der Waals surface area contributed by atoms with Gasteiger partial charge in [0.2, 0.25) is 0 Å². The third-order valence-corrected chi connectivity index (χ3v) is 3.77. The largest absolute Gasteiger partial charge is 0.327 e. The topological polar surface area (TPSA) is 31.2 Å². The molecule has 0 spiro atoms. The Balaban J connectivity index is 2.25. The molecule has 4 heteroatoms. The van der Waals surface area contributed by atoms with Gasteiger partial charge >= 0.3 is 0 Å². The van der Waals surface area contributed by atoms with Crippen LogP contribution in [0.2, 0.25) is 0 Å². The fourth-order valence-electron chi connectivity index (χ4n) is 2.62. The lowest BCUT2D eigenvalue weighted by Crippen LogP contribution is -2.60. The molecular formula is C12H22N4. The number of amidine groups is 2. The Hall–Kier alpha value is -0.900. The summed E-state index contributed by atoms with van der Waals surface area (Å²) < 4.78 is 0. The van der Waals surface area contributed by atoms with Crippen molar-refractivity contribution in [2.24, 2.45) is 9.98 Å². The highest BCUT2D eigenvalue weighted by Gasteiger charge is 2.38. The van der Waals surface area contributed by atoms with Crippen molar-refractivity contribution in [3.63, 3.8) is 0 Å². The highest BCUT2D eigenvalue weighted by atomic mass is 15.5. The van der Waals surface area contributed by atoms with Gasteiger partial charge in [0.25, 0.3) is 0 Å². The van der Waals surface area contributed by atoms with Gasteiger partial charge in [-0.15, -0.1) is 0 Å². The molecule has 0 aliphatic carbocycles. The molecule has 0 saturated carbocycles. The molecule has 2 rings (SSSR count). The van der Waals surface area contributed by atoms with E-state index in [-0.39, 0.29) is 5.79 Å². The van der Waals surface area contributed by atoms with Crippen molar-refractivity contribution in [2.45, 2.75) is 45.8 Å². The zero-order valence-electron chi connectivity index (χ0n) is 10.8. The van der Waals surface area contributed by atoms with Gasteiger partial charge in [0.15, 0.2) is 5.79 Å². The summed E-state index contributed by atoms with van der Waals surface area (Å²) in [6.45, 7) is 8.52. The Bertz CT molecular complexity index is 328. The predicted octanol–water partition coefficient (Wildman–Crippen LogP) is 1.93. The fourth-order valence-corrected chi connectivity index (χ4v) is 2.62. The van der Waals surface area contributed by atoms with Crippen molar-refractivity contribution >= 4 is 11.7 Å². The minimum Gasteiger partial charge on any atom is -0.327 e. The summed E-state index contributed by atoms with van der Waals surface area (Å²) in [4.78, 5) is 13.8. The first-order valence-corrected chi connectivity index (χ1v) is 6.14. The van der Waals surface area contributed by atoms with Crippen LogP contribution in [-0.2, 0) is 0 Å². The van der Waals surface area contributed by atoms with E-state index in [2.05, 4.69) is 35.7 Å². The summed E-state index contributed by atoms with van der Waals surface area (Å²) in [5, 5.41) is 0. The molecule has 0 aromatic rings. The second-order valence-electron chi connectivity index (χ2n) is 4.90. The minimum atomic E-state index is -0.226. The van der Waals surface area contributed by atoms with E-state index in [4.69, 9.17) is 4.99 Å². The third-order valence-electron chi connectivity index (χ3n) is 3.77. The van der Waals surface area contributed by atoms with E-state index in [0.717, 1.165) is 24.8 Å². The second-order valence-corrected chi connectivity index (χ2v) is 4.90. The first-order chi connectivity index (χ1) is 7.54. The standard InChI is InChI=1S/C12H22N4/c1-10-13-11(2)15(4)12(3,14-10)16-8-6-5-7-9-16/h5-9H2,1-4H3. The van der Waals surface area contributed by atoms with E-state index in [1.165, 1.54) is 19.3 Å². The molecule has 1 fully saturated rings. The van der Waals surface area contributed by atoms with Crippen molar-refractivity contribution in [3.05, 3.63) is 0 Å². The van der Waals surface area contributed by atoms with Gasteiger partial charge in [-0.1, -0.05) is 6.42 Å². The zero-order chi connectivity index (χ0) is 11.8. The average molecular weight is 222 g/mol. The summed E-state index contributed by atoms with van der Waals surface area (Å²) in [6, 6.07) is 0. The number of piperidine rings is 1. The van der Waals surface area contributed by atoms with Crippen LogP contribution in [-0.4, -0.2) is 47.4 Å². The molecule has 16 heavy (non-hydrogen) atoms. The molecule has 0 N–H and O–H groups in total. The second kappa shape index (κ2) is 4.17. The normalized spacial score (nSPS) is 32.4. The summed E-state index contributed by atoms with van der Waals surface area (Å²) in [5.41, 5.74) is 0. The van der Waals surface area contributed by atoms with Crippen LogP contribution in [0, 0.1) is 0 Å². The monoisotopic (exact) mass is 222 g/mol. The van der Waals surface area contributed by atoms with E-state index in [9.17, 15) is 0 Å². The van der Waals surface area contributed by atoms with Gasteiger partial charge < -0.3 is 4.90 Å². The summed E-state index contributed by atoms with van der Waals surface area (Å²) >= 11 is 0. The van der Waals surface area contributed by atoms with Crippen molar-refractivity contribution in [1.82, 2.24) is 9.80 Å². The fraction of sp³-hybridized carbons (Fsp3) is 0.833. The van der Waals surface area contributed by atoms with Crippen LogP contribution in [0.3, 0.4) is 0 Å². The predicted molar refractivity (Wildman–Crippen MR) is 67.8 cm³/mol. The maximum absolute atomic E-state index is 4.75. The maximum Gasteiger partial charge on any atom is 0.189 e. The molecule has 90 valence electrons. The van der Waals surface area contributed by atoms with Gasteiger partial charge in [-0.2, -0.15) is 0 Å². The van der Waals surface area contributed by atoms with E-state index in [0.29, 0.717) is 0 Å². The lowest BCUT2D eigenvalue weighted by Gasteiger charge is -2.48. The van der Waals surface area contributed by atoms with Gasteiger partial charge in [0, 0.05) is 20.1 Å². The van der Waals surface area contributed by atoms with Crippen LogP contribution in [0.1, 0.15) is 40.0 Å². The number of likely N-dealkylation sites (tertiary alicyclic amines) is 1. The number of nitrogens with zero attached hydrogens (tertiary/aromatic N) is 4. The molecule has 1 unspecified atom stereocenters. The number of hydrogen-bond acceptors (Lipinski definition) is 4. The van der Waals surface area contributed by atoms with E-state index in [1.807, 2.05) is 6.92 Å². The van der Waals surface area contributed by atoms with E-state index < -0.39 is 0 Å². The Kier molecular flexibility index (Phi) is 3.02.